The van der Waals surface area contributed by atoms with Crippen LogP contribution in [-0.2, 0) is 11.3 Å². The van der Waals surface area contributed by atoms with Crippen molar-refractivity contribution in [3.8, 4) is 11.3 Å². The van der Waals surface area contributed by atoms with E-state index in [4.69, 9.17) is 0 Å². The normalized spacial score (nSPS) is 10.2. The second-order valence-electron chi connectivity index (χ2n) is 5.73. The maximum atomic E-state index is 12.2. The fourth-order valence-corrected chi connectivity index (χ4v) is 2.41. The van der Waals surface area contributed by atoms with Crippen LogP contribution in [0.25, 0.3) is 11.3 Å². The minimum atomic E-state index is -0.185. The molecule has 1 aromatic carbocycles. The van der Waals surface area contributed by atoms with Crippen LogP contribution in [0.1, 0.15) is 22.8 Å². The van der Waals surface area contributed by atoms with Crippen molar-refractivity contribution in [2.75, 3.05) is 5.32 Å². The Morgan fingerprint density at radius 2 is 1.81 bits per heavy atom. The Labute approximate surface area is 151 Å². The van der Waals surface area contributed by atoms with Crippen LogP contribution in [0, 0.1) is 0 Å². The molecule has 26 heavy (non-hydrogen) atoms. The Morgan fingerprint density at radius 3 is 2.42 bits per heavy atom. The van der Waals surface area contributed by atoms with E-state index in [0.29, 0.717) is 17.8 Å². The number of nitrogens with zero attached hydrogens (tertiary/aromatic N) is 2. The highest BCUT2D eigenvalue weighted by atomic mass is 16.2. The highest BCUT2D eigenvalue weighted by Gasteiger charge is 2.06. The summed E-state index contributed by atoms with van der Waals surface area (Å²) in [4.78, 5) is 31.7. The molecule has 2 heterocycles. The smallest absolute Gasteiger partial charge is 0.251 e. The zero-order valence-corrected chi connectivity index (χ0v) is 14.3. The summed E-state index contributed by atoms with van der Waals surface area (Å²) in [5.41, 5.74) is 3.87. The van der Waals surface area contributed by atoms with Gasteiger partial charge in [-0.1, -0.05) is 6.07 Å². The molecule has 0 radical (unpaired) electrons. The van der Waals surface area contributed by atoms with E-state index < -0.39 is 0 Å². The minimum absolute atomic E-state index is 0.149. The molecule has 2 aromatic heterocycles. The molecule has 2 N–H and O–H groups in total. The number of nitrogens with one attached hydrogen (secondary N) is 2. The van der Waals surface area contributed by atoms with Gasteiger partial charge in [-0.2, -0.15) is 0 Å². The molecule has 6 nitrogen and oxygen atoms in total. The maximum absolute atomic E-state index is 12.2. The molecule has 0 atom stereocenters. The fraction of sp³-hybridized carbons (Fsp3) is 0.100. The Morgan fingerprint density at radius 1 is 1.00 bits per heavy atom. The van der Waals surface area contributed by atoms with Gasteiger partial charge in [0.25, 0.3) is 5.91 Å². The zero-order chi connectivity index (χ0) is 18.4. The van der Waals surface area contributed by atoms with Crippen LogP contribution < -0.4 is 10.6 Å². The van der Waals surface area contributed by atoms with E-state index in [0.717, 1.165) is 16.8 Å². The van der Waals surface area contributed by atoms with Crippen molar-refractivity contribution in [1.29, 1.82) is 0 Å². The molecular formula is C20H18N4O2. The van der Waals surface area contributed by atoms with Crippen LogP contribution >= 0.6 is 0 Å². The summed E-state index contributed by atoms with van der Waals surface area (Å²) in [5.74, 6) is -0.333. The molecule has 3 aromatic rings. The largest absolute Gasteiger partial charge is 0.348 e. The molecule has 0 aliphatic rings. The second kappa shape index (κ2) is 8.02. The van der Waals surface area contributed by atoms with E-state index in [1.54, 1.807) is 42.9 Å². The van der Waals surface area contributed by atoms with Crippen molar-refractivity contribution < 1.29 is 9.59 Å². The first kappa shape index (κ1) is 17.3. The van der Waals surface area contributed by atoms with E-state index in [1.165, 1.54) is 6.92 Å². The number of hydrogen-bond donors (Lipinski definition) is 2. The number of carbonyl (C=O) groups is 2. The highest BCUT2D eigenvalue weighted by Crippen LogP contribution is 2.15. The number of amides is 2. The van der Waals surface area contributed by atoms with Gasteiger partial charge in [0.05, 0.1) is 5.69 Å². The van der Waals surface area contributed by atoms with Gasteiger partial charge in [0.2, 0.25) is 5.91 Å². The summed E-state index contributed by atoms with van der Waals surface area (Å²) >= 11 is 0. The molecule has 0 aliphatic carbocycles. The first-order valence-corrected chi connectivity index (χ1v) is 8.13. The molecule has 2 amide bonds. The van der Waals surface area contributed by atoms with E-state index >= 15 is 0 Å². The van der Waals surface area contributed by atoms with Crippen molar-refractivity contribution in [2.45, 2.75) is 13.5 Å². The van der Waals surface area contributed by atoms with Crippen molar-refractivity contribution >= 4 is 17.5 Å². The Hall–Kier alpha value is -3.54. The molecule has 6 heteroatoms. The lowest BCUT2D eigenvalue weighted by Crippen LogP contribution is -2.22. The first-order valence-electron chi connectivity index (χ1n) is 8.13. The molecule has 0 fully saturated rings. The summed E-state index contributed by atoms with van der Waals surface area (Å²) in [6.45, 7) is 1.82. The number of benzene rings is 1. The molecule has 0 saturated carbocycles. The van der Waals surface area contributed by atoms with E-state index in [2.05, 4.69) is 20.6 Å². The number of anilines is 1. The average Bonchev–Trinajstić information content (AvgIpc) is 2.67. The van der Waals surface area contributed by atoms with Crippen LogP contribution in [0.3, 0.4) is 0 Å². The standard InChI is InChI=1S/C20H18N4O2/c1-14(25)24-18-7-5-16(6-8-18)20(26)23-12-15-4-9-19(22-11-15)17-3-2-10-21-13-17/h2-11,13H,12H2,1H3,(H,23,26)(H,24,25). The van der Waals surface area contributed by atoms with Crippen LogP contribution in [0.5, 0.6) is 0 Å². The van der Waals surface area contributed by atoms with Gasteiger partial charge in [-0.05, 0) is 48.0 Å². The third-order valence-corrected chi connectivity index (χ3v) is 3.70. The lowest BCUT2D eigenvalue weighted by molar-refractivity contribution is -0.114. The SMILES string of the molecule is CC(=O)Nc1ccc(C(=O)NCc2ccc(-c3cccnc3)nc2)cc1. The number of aromatic nitrogens is 2. The number of carbonyl (C=O) groups excluding carboxylic acids is 2. The minimum Gasteiger partial charge on any atom is -0.348 e. The van der Waals surface area contributed by atoms with Crippen LogP contribution in [0.15, 0.2) is 67.1 Å². The summed E-state index contributed by atoms with van der Waals surface area (Å²) in [6.07, 6.45) is 5.22. The Kier molecular flexibility index (Phi) is 5.34. The summed E-state index contributed by atoms with van der Waals surface area (Å²) in [5, 5.41) is 5.52. The molecule has 0 spiro atoms. The van der Waals surface area contributed by atoms with Gasteiger partial charge in [0.15, 0.2) is 0 Å². The third-order valence-electron chi connectivity index (χ3n) is 3.70. The van der Waals surface area contributed by atoms with Crippen LogP contribution in [0.2, 0.25) is 0 Å². The average molecular weight is 346 g/mol. The Balaban J connectivity index is 1.58. The molecular weight excluding hydrogens is 328 g/mol. The predicted molar refractivity (Wildman–Crippen MR) is 99.4 cm³/mol. The van der Waals surface area contributed by atoms with Gasteiger partial charge < -0.3 is 10.6 Å². The maximum Gasteiger partial charge on any atom is 0.251 e. The molecule has 0 saturated heterocycles. The van der Waals surface area contributed by atoms with Crippen molar-refractivity contribution in [1.82, 2.24) is 15.3 Å². The molecule has 130 valence electrons. The third kappa shape index (κ3) is 4.51. The highest BCUT2D eigenvalue weighted by molar-refractivity contribution is 5.95. The van der Waals surface area contributed by atoms with Gasteiger partial charge in [-0.15, -0.1) is 0 Å². The number of hydrogen-bond acceptors (Lipinski definition) is 4. The topological polar surface area (TPSA) is 84.0 Å². The summed E-state index contributed by atoms with van der Waals surface area (Å²) in [7, 11) is 0. The zero-order valence-electron chi connectivity index (χ0n) is 14.3. The molecule has 0 unspecified atom stereocenters. The van der Waals surface area contributed by atoms with Crippen molar-refractivity contribution in [2.24, 2.45) is 0 Å². The predicted octanol–water partition coefficient (Wildman–Crippen LogP) is 3.03. The molecule has 0 aliphatic heterocycles. The number of rotatable bonds is 5. The van der Waals surface area contributed by atoms with Crippen LogP contribution in [-0.4, -0.2) is 21.8 Å². The quantitative estimate of drug-likeness (QED) is 0.744. The van der Waals surface area contributed by atoms with Gasteiger partial charge in [0, 0.05) is 48.9 Å². The molecule has 0 bridgehead atoms. The fourth-order valence-electron chi connectivity index (χ4n) is 2.41. The monoisotopic (exact) mass is 346 g/mol. The van der Waals surface area contributed by atoms with Gasteiger partial charge >= 0.3 is 0 Å². The van der Waals surface area contributed by atoms with Gasteiger partial charge in [-0.25, -0.2) is 0 Å². The lowest BCUT2D eigenvalue weighted by Gasteiger charge is -2.07. The summed E-state index contributed by atoms with van der Waals surface area (Å²) in [6, 6.07) is 14.4. The van der Waals surface area contributed by atoms with E-state index in [9.17, 15) is 9.59 Å². The molecule has 3 rings (SSSR count). The van der Waals surface area contributed by atoms with Crippen molar-refractivity contribution in [3.63, 3.8) is 0 Å². The Bertz CT molecular complexity index is 891. The summed E-state index contributed by atoms with van der Waals surface area (Å²) < 4.78 is 0. The lowest BCUT2D eigenvalue weighted by atomic mass is 10.1. The second-order valence-corrected chi connectivity index (χ2v) is 5.73. The van der Waals surface area contributed by atoms with E-state index in [-0.39, 0.29) is 11.8 Å². The van der Waals surface area contributed by atoms with Gasteiger partial charge in [0.1, 0.15) is 0 Å². The first-order chi connectivity index (χ1) is 12.6. The number of pyridine rings is 2. The van der Waals surface area contributed by atoms with E-state index in [1.807, 2.05) is 24.3 Å². The van der Waals surface area contributed by atoms with Gasteiger partial charge in [-0.3, -0.25) is 19.6 Å². The van der Waals surface area contributed by atoms with Crippen molar-refractivity contribution in [3.05, 3.63) is 78.2 Å². The van der Waals surface area contributed by atoms with Crippen LogP contribution in [0.4, 0.5) is 5.69 Å².